The Morgan fingerprint density at radius 2 is 2.04 bits per heavy atom. The summed E-state index contributed by atoms with van der Waals surface area (Å²) in [5.41, 5.74) is -0.470. The molecular formula is C16H17ClF3N3O. The molecule has 4 nitrogen and oxygen atoms in total. The minimum atomic E-state index is -4.59. The minimum Gasteiger partial charge on any atom is -0.460 e. The number of alkyl halides is 3. The van der Waals surface area contributed by atoms with Crippen LogP contribution in [0.15, 0.2) is 30.5 Å². The number of hydrogen-bond acceptors (Lipinski definition) is 4. The second kappa shape index (κ2) is 7.25. The van der Waals surface area contributed by atoms with Crippen molar-refractivity contribution in [3.05, 3.63) is 41.0 Å². The molecule has 1 aromatic carbocycles. The molecule has 0 saturated carbocycles. The lowest BCUT2D eigenvalue weighted by Gasteiger charge is -2.23. The van der Waals surface area contributed by atoms with Crippen LogP contribution < -0.4 is 9.64 Å². The Morgan fingerprint density at radius 3 is 2.62 bits per heavy atom. The zero-order valence-electron chi connectivity index (χ0n) is 13.4. The first-order chi connectivity index (χ1) is 11.2. The molecule has 24 heavy (non-hydrogen) atoms. The summed E-state index contributed by atoms with van der Waals surface area (Å²) in [5, 5.41) is 0.415. The fourth-order valence-electron chi connectivity index (χ4n) is 1.94. The standard InChI is InChI=1S/C16H17ClF3N3O/c1-4-10(2)24-15-21-9-13(16(18,19)20)14(22-15)23(3)12-7-5-6-11(17)8-12/h5-10H,4H2,1-3H3. The van der Waals surface area contributed by atoms with Crippen LogP contribution in [0.5, 0.6) is 6.01 Å². The van der Waals surface area contributed by atoms with Gasteiger partial charge in [-0.1, -0.05) is 24.6 Å². The molecule has 2 rings (SSSR count). The van der Waals surface area contributed by atoms with Crippen molar-refractivity contribution in [1.82, 2.24) is 9.97 Å². The molecule has 1 unspecified atom stereocenters. The molecule has 1 atom stereocenters. The van der Waals surface area contributed by atoms with Gasteiger partial charge in [0.15, 0.2) is 5.82 Å². The molecule has 0 fully saturated rings. The summed E-state index contributed by atoms with van der Waals surface area (Å²) in [4.78, 5) is 8.95. The lowest BCUT2D eigenvalue weighted by molar-refractivity contribution is -0.137. The van der Waals surface area contributed by atoms with Crippen molar-refractivity contribution < 1.29 is 17.9 Å². The Labute approximate surface area is 143 Å². The van der Waals surface area contributed by atoms with E-state index in [-0.39, 0.29) is 17.9 Å². The fourth-order valence-corrected chi connectivity index (χ4v) is 2.12. The monoisotopic (exact) mass is 359 g/mol. The Kier molecular flexibility index (Phi) is 5.54. The number of aromatic nitrogens is 2. The molecule has 0 spiro atoms. The highest BCUT2D eigenvalue weighted by Gasteiger charge is 2.36. The van der Waals surface area contributed by atoms with E-state index < -0.39 is 11.7 Å². The Bertz CT molecular complexity index is 709. The van der Waals surface area contributed by atoms with Gasteiger partial charge in [-0.2, -0.15) is 18.2 Å². The van der Waals surface area contributed by atoms with Gasteiger partial charge in [-0.05, 0) is 31.5 Å². The summed E-state index contributed by atoms with van der Waals surface area (Å²) in [6, 6.07) is 6.39. The molecule has 0 radical (unpaired) electrons. The van der Waals surface area contributed by atoms with Gasteiger partial charge >= 0.3 is 12.2 Å². The van der Waals surface area contributed by atoms with Crippen LogP contribution in [0.1, 0.15) is 25.8 Å². The molecule has 1 heterocycles. The molecule has 2 aromatic rings. The van der Waals surface area contributed by atoms with E-state index in [0.29, 0.717) is 17.1 Å². The van der Waals surface area contributed by atoms with Crippen molar-refractivity contribution in [3.8, 4) is 6.01 Å². The van der Waals surface area contributed by atoms with Crippen LogP contribution in [-0.2, 0) is 6.18 Å². The highest BCUT2D eigenvalue weighted by Crippen LogP contribution is 2.38. The third-order valence-electron chi connectivity index (χ3n) is 3.45. The van der Waals surface area contributed by atoms with Crippen molar-refractivity contribution >= 4 is 23.1 Å². The van der Waals surface area contributed by atoms with Crippen LogP contribution >= 0.6 is 11.6 Å². The summed E-state index contributed by atoms with van der Waals surface area (Å²) in [6.45, 7) is 3.69. The van der Waals surface area contributed by atoms with Gasteiger partial charge < -0.3 is 9.64 Å². The predicted molar refractivity (Wildman–Crippen MR) is 86.9 cm³/mol. The first-order valence-corrected chi connectivity index (χ1v) is 7.70. The van der Waals surface area contributed by atoms with Crippen LogP contribution in [0, 0.1) is 0 Å². The molecule has 0 bridgehead atoms. The number of rotatable bonds is 5. The van der Waals surface area contributed by atoms with Crippen LogP contribution in [0.2, 0.25) is 5.02 Å². The van der Waals surface area contributed by atoms with Gasteiger partial charge in [0.1, 0.15) is 5.56 Å². The van der Waals surface area contributed by atoms with Crippen LogP contribution in [0.4, 0.5) is 24.7 Å². The Hall–Kier alpha value is -2.02. The first kappa shape index (κ1) is 18.3. The van der Waals surface area contributed by atoms with E-state index in [1.54, 1.807) is 31.2 Å². The number of anilines is 2. The fraction of sp³-hybridized carbons (Fsp3) is 0.375. The molecule has 0 aliphatic heterocycles. The number of nitrogens with zero attached hydrogens (tertiary/aromatic N) is 3. The van der Waals surface area contributed by atoms with Gasteiger partial charge in [-0.3, -0.25) is 0 Å². The smallest absolute Gasteiger partial charge is 0.421 e. The largest absolute Gasteiger partial charge is 0.460 e. The van der Waals surface area contributed by atoms with Gasteiger partial charge in [-0.25, -0.2) is 4.98 Å². The van der Waals surface area contributed by atoms with Crippen LogP contribution in [0.3, 0.4) is 0 Å². The predicted octanol–water partition coefficient (Wildman–Crippen LogP) is 5.09. The zero-order chi connectivity index (χ0) is 17.9. The quantitative estimate of drug-likeness (QED) is 0.745. The number of hydrogen-bond donors (Lipinski definition) is 0. The van der Waals surface area contributed by atoms with E-state index in [1.807, 2.05) is 6.92 Å². The van der Waals surface area contributed by atoms with Crippen molar-refractivity contribution in [2.75, 3.05) is 11.9 Å². The normalized spacial score (nSPS) is 12.8. The zero-order valence-corrected chi connectivity index (χ0v) is 14.2. The molecule has 0 aliphatic carbocycles. The van der Waals surface area contributed by atoms with E-state index in [4.69, 9.17) is 16.3 Å². The molecule has 0 saturated heterocycles. The molecule has 0 aliphatic rings. The van der Waals surface area contributed by atoms with Crippen molar-refractivity contribution in [2.24, 2.45) is 0 Å². The topological polar surface area (TPSA) is 38.2 Å². The maximum atomic E-state index is 13.3. The molecule has 1 aromatic heterocycles. The number of halogens is 4. The first-order valence-electron chi connectivity index (χ1n) is 7.32. The van der Waals surface area contributed by atoms with Gasteiger partial charge in [0.25, 0.3) is 0 Å². The van der Waals surface area contributed by atoms with E-state index in [9.17, 15) is 13.2 Å². The van der Waals surface area contributed by atoms with Crippen molar-refractivity contribution in [1.29, 1.82) is 0 Å². The SMILES string of the molecule is CCC(C)Oc1ncc(C(F)(F)F)c(N(C)c2cccc(Cl)c2)n1. The molecule has 0 amide bonds. The molecule has 0 N–H and O–H groups in total. The lowest BCUT2D eigenvalue weighted by Crippen LogP contribution is -2.20. The van der Waals surface area contributed by atoms with Crippen molar-refractivity contribution in [2.45, 2.75) is 32.5 Å². The van der Waals surface area contributed by atoms with E-state index in [0.717, 1.165) is 6.20 Å². The summed E-state index contributed by atoms with van der Waals surface area (Å²) >= 11 is 5.92. The summed E-state index contributed by atoms with van der Waals surface area (Å²) < 4.78 is 45.3. The average Bonchev–Trinajstić information content (AvgIpc) is 2.53. The number of benzene rings is 1. The van der Waals surface area contributed by atoms with E-state index in [1.165, 1.54) is 11.9 Å². The summed E-state index contributed by atoms with van der Waals surface area (Å²) in [7, 11) is 1.48. The molecule has 130 valence electrons. The number of ether oxygens (including phenoxy) is 1. The van der Waals surface area contributed by atoms with Gasteiger partial charge in [0.05, 0.1) is 6.10 Å². The van der Waals surface area contributed by atoms with Gasteiger partial charge in [0.2, 0.25) is 0 Å². The second-order valence-electron chi connectivity index (χ2n) is 5.26. The molecular weight excluding hydrogens is 343 g/mol. The minimum absolute atomic E-state index is 0.0961. The average molecular weight is 360 g/mol. The Balaban J connectivity index is 2.49. The lowest BCUT2D eigenvalue weighted by atomic mass is 10.2. The maximum Gasteiger partial charge on any atom is 0.421 e. The highest BCUT2D eigenvalue weighted by molar-refractivity contribution is 6.30. The van der Waals surface area contributed by atoms with E-state index >= 15 is 0 Å². The highest BCUT2D eigenvalue weighted by atomic mass is 35.5. The van der Waals surface area contributed by atoms with Crippen molar-refractivity contribution in [3.63, 3.8) is 0 Å². The molecule has 8 heteroatoms. The van der Waals surface area contributed by atoms with Crippen LogP contribution in [0.25, 0.3) is 0 Å². The summed E-state index contributed by atoms with van der Waals surface area (Å²) in [5.74, 6) is -0.293. The van der Waals surface area contributed by atoms with Crippen LogP contribution in [-0.4, -0.2) is 23.1 Å². The third kappa shape index (κ3) is 4.29. The third-order valence-corrected chi connectivity index (χ3v) is 3.68. The van der Waals surface area contributed by atoms with Gasteiger partial charge in [0, 0.05) is 24.0 Å². The summed E-state index contributed by atoms with van der Waals surface area (Å²) in [6.07, 6.45) is -3.37. The maximum absolute atomic E-state index is 13.3. The van der Waals surface area contributed by atoms with E-state index in [2.05, 4.69) is 9.97 Å². The Morgan fingerprint density at radius 1 is 1.33 bits per heavy atom. The van der Waals surface area contributed by atoms with Gasteiger partial charge in [-0.15, -0.1) is 0 Å². The second-order valence-corrected chi connectivity index (χ2v) is 5.70.